The molecule has 3 nitrogen and oxygen atoms in total. The molecule has 120 valence electrons. The van der Waals surface area contributed by atoms with E-state index in [0.717, 1.165) is 16.8 Å². The lowest BCUT2D eigenvalue weighted by atomic mass is 9.92. The Kier molecular flexibility index (Phi) is 4.28. The Balaban J connectivity index is 2.03. The third-order valence-electron chi connectivity index (χ3n) is 4.00. The molecule has 0 aliphatic carbocycles. The van der Waals surface area contributed by atoms with Crippen molar-refractivity contribution >= 4 is 11.7 Å². The number of fused-ring (bicyclic) bond motifs is 1. The molecule has 0 N–H and O–H groups in total. The van der Waals surface area contributed by atoms with Gasteiger partial charge in [-0.25, -0.2) is 13.6 Å². The van der Waals surface area contributed by atoms with E-state index in [1.807, 2.05) is 4.90 Å². The van der Waals surface area contributed by atoms with Gasteiger partial charge in [0.15, 0.2) is 6.04 Å². The number of anilines is 1. The first-order valence-electron chi connectivity index (χ1n) is 7.57. The fourth-order valence-corrected chi connectivity index (χ4v) is 2.98. The van der Waals surface area contributed by atoms with Crippen LogP contribution in [0.25, 0.3) is 0 Å². The van der Waals surface area contributed by atoms with Gasteiger partial charge < -0.3 is 9.64 Å². The van der Waals surface area contributed by atoms with Crippen LogP contribution in [0.2, 0.25) is 0 Å². The summed E-state index contributed by atoms with van der Waals surface area (Å²) in [4.78, 5) is 14.3. The Hall–Kier alpha value is -2.43. The summed E-state index contributed by atoms with van der Waals surface area (Å²) in [6, 6.07) is 9.77. The van der Waals surface area contributed by atoms with Crippen LogP contribution in [0.3, 0.4) is 0 Å². The van der Waals surface area contributed by atoms with Crippen molar-refractivity contribution in [1.82, 2.24) is 0 Å². The molecule has 0 bridgehead atoms. The van der Waals surface area contributed by atoms with Crippen LogP contribution < -0.4 is 4.90 Å². The lowest BCUT2D eigenvalue weighted by Gasteiger charge is -2.37. The summed E-state index contributed by atoms with van der Waals surface area (Å²) in [5.41, 5.74) is 2.28. The van der Waals surface area contributed by atoms with Gasteiger partial charge in [0.1, 0.15) is 11.6 Å². The first kappa shape index (κ1) is 15.5. The molecule has 0 saturated carbocycles. The number of rotatable bonds is 3. The maximum atomic E-state index is 13.5. The molecular weight excluding hydrogens is 300 g/mol. The molecule has 5 heteroatoms. The van der Waals surface area contributed by atoms with Crippen molar-refractivity contribution in [3.63, 3.8) is 0 Å². The number of hydrogen-bond donors (Lipinski definition) is 0. The molecule has 0 aromatic heterocycles. The van der Waals surface area contributed by atoms with Crippen LogP contribution in [0.5, 0.6) is 0 Å². The number of carbonyl (C=O) groups is 1. The van der Waals surface area contributed by atoms with Gasteiger partial charge in [-0.05, 0) is 60.9 Å². The SMILES string of the molecule is CCOC(=O)C1c2ccc(F)cc2CCN1c1ccc(F)cc1. The van der Waals surface area contributed by atoms with Crippen molar-refractivity contribution in [2.45, 2.75) is 19.4 Å². The predicted molar refractivity (Wildman–Crippen MR) is 83.2 cm³/mol. The first-order chi connectivity index (χ1) is 11.1. The van der Waals surface area contributed by atoms with Gasteiger partial charge in [-0.3, -0.25) is 0 Å². The van der Waals surface area contributed by atoms with Gasteiger partial charge in [-0.15, -0.1) is 0 Å². The zero-order valence-electron chi connectivity index (χ0n) is 12.8. The third-order valence-corrected chi connectivity index (χ3v) is 4.00. The van der Waals surface area contributed by atoms with E-state index in [1.165, 1.54) is 24.3 Å². The highest BCUT2D eigenvalue weighted by Gasteiger charge is 2.34. The average Bonchev–Trinajstić information content (AvgIpc) is 2.54. The predicted octanol–water partition coefficient (Wildman–Crippen LogP) is 3.63. The summed E-state index contributed by atoms with van der Waals surface area (Å²) in [6.45, 7) is 2.54. The number of carbonyl (C=O) groups excluding carboxylic acids is 1. The van der Waals surface area contributed by atoms with E-state index in [4.69, 9.17) is 4.74 Å². The van der Waals surface area contributed by atoms with Crippen LogP contribution in [0.15, 0.2) is 42.5 Å². The molecule has 0 spiro atoms. The molecule has 23 heavy (non-hydrogen) atoms. The van der Waals surface area contributed by atoms with Crippen molar-refractivity contribution in [1.29, 1.82) is 0 Å². The Bertz CT molecular complexity index is 715. The third kappa shape index (κ3) is 3.04. The largest absolute Gasteiger partial charge is 0.464 e. The quantitative estimate of drug-likeness (QED) is 0.810. The molecule has 2 aromatic rings. The minimum absolute atomic E-state index is 0.267. The summed E-state index contributed by atoms with van der Waals surface area (Å²) in [5, 5.41) is 0. The minimum Gasteiger partial charge on any atom is -0.464 e. The van der Waals surface area contributed by atoms with Crippen LogP contribution in [-0.2, 0) is 16.0 Å². The lowest BCUT2D eigenvalue weighted by Crippen LogP contribution is -2.40. The van der Waals surface area contributed by atoms with Gasteiger partial charge in [-0.2, -0.15) is 0 Å². The molecule has 0 fully saturated rings. The van der Waals surface area contributed by atoms with Crippen molar-refractivity contribution in [3.8, 4) is 0 Å². The van der Waals surface area contributed by atoms with Gasteiger partial charge in [0.25, 0.3) is 0 Å². The molecule has 2 aromatic carbocycles. The van der Waals surface area contributed by atoms with Gasteiger partial charge in [0.2, 0.25) is 0 Å². The molecular formula is C18H17F2NO2. The molecule has 1 atom stereocenters. The summed E-state index contributed by atoms with van der Waals surface area (Å²) in [6.07, 6.45) is 0.611. The first-order valence-corrected chi connectivity index (χ1v) is 7.57. The molecule has 0 amide bonds. The fraction of sp³-hybridized carbons (Fsp3) is 0.278. The van der Waals surface area contributed by atoms with E-state index < -0.39 is 6.04 Å². The second-order valence-electron chi connectivity index (χ2n) is 5.42. The Morgan fingerprint density at radius 1 is 1.17 bits per heavy atom. The Morgan fingerprint density at radius 2 is 1.87 bits per heavy atom. The standard InChI is InChI=1S/C18H17F2NO2/c1-2-23-18(22)17-16-8-5-14(20)11-12(16)9-10-21(17)15-6-3-13(19)4-7-15/h3-8,11,17H,2,9-10H2,1H3. The summed E-state index contributed by atoms with van der Waals surface area (Å²) in [7, 11) is 0. The van der Waals surface area contributed by atoms with Crippen molar-refractivity contribution in [2.24, 2.45) is 0 Å². The number of esters is 1. The monoisotopic (exact) mass is 317 g/mol. The highest BCUT2D eigenvalue weighted by Crippen LogP contribution is 2.35. The van der Waals surface area contributed by atoms with Crippen molar-refractivity contribution in [3.05, 3.63) is 65.2 Å². The molecule has 3 rings (SSSR count). The maximum Gasteiger partial charge on any atom is 0.333 e. The van der Waals surface area contributed by atoms with E-state index in [0.29, 0.717) is 13.0 Å². The highest BCUT2D eigenvalue weighted by atomic mass is 19.1. The summed E-state index contributed by atoms with van der Waals surface area (Å²) < 4.78 is 31.8. The number of ether oxygens (including phenoxy) is 1. The van der Waals surface area contributed by atoms with Gasteiger partial charge in [0.05, 0.1) is 6.61 Å². The van der Waals surface area contributed by atoms with Crippen LogP contribution >= 0.6 is 0 Å². The minimum atomic E-state index is -0.648. The van der Waals surface area contributed by atoms with Crippen LogP contribution in [-0.4, -0.2) is 19.1 Å². The molecule has 1 aliphatic rings. The van der Waals surface area contributed by atoms with Crippen LogP contribution in [0.1, 0.15) is 24.1 Å². The van der Waals surface area contributed by atoms with Gasteiger partial charge in [-0.1, -0.05) is 6.07 Å². The van der Waals surface area contributed by atoms with E-state index in [9.17, 15) is 13.6 Å². The molecule has 1 aliphatic heterocycles. The van der Waals surface area contributed by atoms with Crippen molar-refractivity contribution < 1.29 is 18.3 Å². The summed E-state index contributed by atoms with van der Waals surface area (Å²) in [5.74, 6) is -1.04. The second kappa shape index (κ2) is 6.36. The highest BCUT2D eigenvalue weighted by molar-refractivity contribution is 5.83. The summed E-state index contributed by atoms with van der Waals surface area (Å²) >= 11 is 0. The average molecular weight is 317 g/mol. The van der Waals surface area contributed by atoms with Crippen LogP contribution in [0, 0.1) is 11.6 Å². The zero-order valence-corrected chi connectivity index (χ0v) is 12.8. The van der Waals surface area contributed by atoms with Gasteiger partial charge in [0, 0.05) is 12.2 Å². The van der Waals surface area contributed by atoms with Crippen molar-refractivity contribution in [2.75, 3.05) is 18.1 Å². The maximum absolute atomic E-state index is 13.5. The van der Waals surface area contributed by atoms with E-state index in [1.54, 1.807) is 25.1 Å². The smallest absolute Gasteiger partial charge is 0.333 e. The molecule has 0 saturated heterocycles. The molecule has 1 heterocycles. The van der Waals surface area contributed by atoms with Crippen LogP contribution in [0.4, 0.5) is 14.5 Å². The fourth-order valence-electron chi connectivity index (χ4n) is 2.98. The second-order valence-corrected chi connectivity index (χ2v) is 5.42. The zero-order chi connectivity index (χ0) is 16.4. The Morgan fingerprint density at radius 3 is 2.57 bits per heavy atom. The van der Waals surface area contributed by atoms with Gasteiger partial charge >= 0.3 is 5.97 Å². The number of nitrogens with zero attached hydrogens (tertiary/aromatic N) is 1. The normalized spacial score (nSPS) is 16.8. The van der Waals surface area contributed by atoms with E-state index in [2.05, 4.69) is 0 Å². The Labute approximate surface area is 133 Å². The lowest BCUT2D eigenvalue weighted by molar-refractivity contribution is -0.145. The van der Waals surface area contributed by atoms with E-state index >= 15 is 0 Å². The number of hydrogen-bond acceptors (Lipinski definition) is 3. The number of benzene rings is 2. The molecule has 1 unspecified atom stereocenters. The number of halogens is 2. The topological polar surface area (TPSA) is 29.5 Å². The molecule has 0 radical (unpaired) electrons. The van der Waals surface area contributed by atoms with E-state index in [-0.39, 0.29) is 24.2 Å².